The van der Waals surface area contributed by atoms with Crippen LogP contribution in [0.2, 0.25) is 5.15 Å². The molecule has 0 spiro atoms. The number of rotatable bonds is 9. The molecule has 0 saturated carbocycles. The topological polar surface area (TPSA) is 75.1 Å². The Morgan fingerprint density at radius 1 is 1.30 bits per heavy atom. The van der Waals surface area contributed by atoms with Crippen molar-refractivity contribution < 1.29 is 19.4 Å². The van der Waals surface area contributed by atoms with Crippen LogP contribution in [0.1, 0.15) is 52.1 Å². The van der Waals surface area contributed by atoms with Gasteiger partial charge in [-0.15, -0.1) is 0 Å². The van der Waals surface area contributed by atoms with E-state index < -0.39 is 11.2 Å². The van der Waals surface area contributed by atoms with Gasteiger partial charge in [-0.2, -0.15) is 0 Å². The Morgan fingerprint density at radius 2 is 1.97 bits per heavy atom. The summed E-state index contributed by atoms with van der Waals surface area (Å²) in [6, 6.07) is 3.82. The molecule has 0 unspecified atom stereocenters. The lowest BCUT2D eigenvalue weighted by Gasteiger charge is -2.39. The van der Waals surface area contributed by atoms with E-state index in [4.69, 9.17) is 21.1 Å². The number of aromatic nitrogens is 1. The first-order valence-electron chi connectivity index (χ1n) is 10.5. The molecular weight excluding hydrogens is 406 g/mol. The molecule has 0 aromatic carbocycles. The van der Waals surface area contributed by atoms with Crippen LogP contribution in [0.25, 0.3) is 0 Å². The quantitative estimate of drug-likeness (QED) is 0.358. The number of carbonyl (C=O) groups excluding carboxylic acids is 1. The third-order valence-corrected chi connectivity index (χ3v) is 5.09. The monoisotopic (exact) mass is 441 g/mol. The van der Waals surface area contributed by atoms with Crippen molar-refractivity contribution in [3.05, 3.63) is 23.0 Å². The standard InChI is InChI=1S/C22H36ClN3O4/c1-21(2,3)30-20(27)7-6-14-29-16-22(28)10-12-26(13-11-22)18-8-9-19(23)24-17(18)15-25(4)5/h8-9,28H,6-7,10-16H2,1-5H3. The summed E-state index contributed by atoms with van der Waals surface area (Å²) in [5.41, 5.74) is 0.696. The average molecular weight is 442 g/mol. The summed E-state index contributed by atoms with van der Waals surface area (Å²) >= 11 is 6.08. The van der Waals surface area contributed by atoms with Crippen LogP contribution in [0.4, 0.5) is 5.69 Å². The maximum absolute atomic E-state index is 11.7. The van der Waals surface area contributed by atoms with Gasteiger partial charge >= 0.3 is 5.97 Å². The van der Waals surface area contributed by atoms with Gasteiger partial charge in [0, 0.05) is 32.7 Å². The minimum Gasteiger partial charge on any atom is -0.460 e. The minimum atomic E-state index is -0.843. The Labute approximate surface area is 185 Å². The molecule has 0 aliphatic carbocycles. The smallest absolute Gasteiger partial charge is 0.306 e. The van der Waals surface area contributed by atoms with E-state index in [2.05, 4.69) is 14.8 Å². The highest BCUT2D eigenvalue weighted by atomic mass is 35.5. The molecule has 1 N–H and O–H groups in total. The first kappa shape index (κ1) is 24.9. The first-order chi connectivity index (χ1) is 14.0. The van der Waals surface area contributed by atoms with Crippen molar-refractivity contribution in [1.29, 1.82) is 0 Å². The van der Waals surface area contributed by atoms with Crippen LogP contribution >= 0.6 is 11.6 Å². The number of piperidine rings is 1. The number of halogens is 1. The summed E-state index contributed by atoms with van der Waals surface area (Å²) in [5, 5.41) is 11.4. The van der Waals surface area contributed by atoms with Crippen LogP contribution in [-0.2, 0) is 20.8 Å². The summed E-state index contributed by atoms with van der Waals surface area (Å²) in [5.74, 6) is -0.219. The van der Waals surface area contributed by atoms with Gasteiger partial charge in [0.1, 0.15) is 10.8 Å². The van der Waals surface area contributed by atoms with Crippen molar-refractivity contribution >= 4 is 23.3 Å². The van der Waals surface area contributed by atoms with E-state index in [1.54, 1.807) is 0 Å². The lowest BCUT2D eigenvalue weighted by molar-refractivity contribution is -0.155. The Hall–Kier alpha value is -1.41. The van der Waals surface area contributed by atoms with Gasteiger partial charge in [-0.1, -0.05) is 11.6 Å². The van der Waals surface area contributed by atoms with E-state index in [0.717, 1.165) is 24.5 Å². The molecule has 1 saturated heterocycles. The molecule has 2 heterocycles. The Morgan fingerprint density at radius 3 is 2.57 bits per heavy atom. The molecule has 1 aromatic heterocycles. The predicted molar refractivity (Wildman–Crippen MR) is 119 cm³/mol. The van der Waals surface area contributed by atoms with Crippen molar-refractivity contribution in [3.63, 3.8) is 0 Å². The number of hydrogen-bond acceptors (Lipinski definition) is 7. The maximum atomic E-state index is 11.7. The molecule has 7 nitrogen and oxygen atoms in total. The SMILES string of the molecule is CN(C)Cc1nc(Cl)ccc1N1CCC(O)(COCCCC(=O)OC(C)(C)C)CC1. The van der Waals surface area contributed by atoms with Crippen LogP contribution < -0.4 is 4.90 Å². The average Bonchev–Trinajstić information content (AvgIpc) is 2.61. The van der Waals surface area contributed by atoms with Crippen LogP contribution in [0.5, 0.6) is 0 Å². The molecule has 0 radical (unpaired) electrons. The highest BCUT2D eigenvalue weighted by molar-refractivity contribution is 6.29. The van der Waals surface area contributed by atoms with E-state index in [1.165, 1.54) is 0 Å². The van der Waals surface area contributed by atoms with Crippen molar-refractivity contribution in [1.82, 2.24) is 9.88 Å². The molecule has 0 atom stereocenters. The fraction of sp³-hybridized carbons (Fsp3) is 0.727. The van der Waals surface area contributed by atoms with Gasteiger partial charge < -0.3 is 24.4 Å². The lowest BCUT2D eigenvalue weighted by atomic mass is 9.92. The van der Waals surface area contributed by atoms with Crippen molar-refractivity contribution in [2.24, 2.45) is 0 Å². The third-order valence-electron chi connectivity index (χ3n) is 4.88. The molecule has 2 rings (SSSR count). The Balaban J connectivity index is 1.77. The number of hydrogen-bond donors (Lipinski definition) is 1. The molecule has 0 amide bonds. The van der Waals surface area contributed by atoms with E-state index >= 15 is 0 Å². The molecule has 1 aromatic rings. The molecule has 1 aliphatic rings. The van der Waals surface area contributed by atoms with Gasteiger partial charge in [0.15, 0.2) is 0 Å². The Kier molecular flexibility index (Phi) is 8.91. The highest BCUT2D eigenvalue weighted by Crippen LogP contribution is 2.29. The molecule has 1 fully saturated rings. The molecule has 8 heteroatoms. The van der Waals surface area contributed by atoms with Crippen LogP contribution in [-0.4, -0.2) is 72.6 Å². The van der Waals surface area contributed by atoms with Crippen LogP contribution in [0.3, 0.4) is 0 Å². The zero-order valence-electron chi connectivity index (χ0n) is 18.9. The number of anilines is 1. The number of aliphatic hydroxyl groups is 1. The Bertz CT molecular complexity index is 698. The van der Waals surface area contributed by atoms with Gasteiger partial charge in [0.05, 0.1) is 23.6 Å². The van der Waals surface area contributed by atoms with Crippen molar-refractivity contribution in [2.45, 2.75) is 64.2 Å². The van der Waals surface area contributed by atoms with E-state index in [-0.39, 0.29) is 12.6 Å². The maximum Gasteiger partial charge on any atom is 0.306 e. The largest absolute Gasteiger partial charge is 0.460 e. The fourth-order valence-corrected chi connectivity index (χ4v) is 3.62. The predicted octanol–water partition coefficient (Wildman–Crippen LogP) is 3.27. The number of ether oxygens (including phenoxy) is 2. The minimum absolute atomic E-state index is 0.219. The van der Waals surface area contributed by atoms with Crippen molar-refractivity contribution in [3.8, 4) is 0 Å². The summed E-state index contributed by atoms with van der Waals surface area (Å²) in [6.07, 6.45) is 2.13. The van der Waals surface area contributed by atoms with Crippen LogP contribution in [0.15, 0.2) is 12.1 Å². The third kappa shape index (κ3) is 8.38. The van der Waals surface area contributed by atoms with E-state index in [0.29, 0.717) is 44.0 Å². The van der Waals surface area contributed by atoms with Gasteiger partial charge in [0.25, 0.3) is 0 Å². The van der Waals surface area contributed by atoms with Crippen LogP contribution in [0, 0.1) is 0 Å². The van der Waals surface area contributed by atoms with Gasteiger partial charge in [-0.3, -0.25) is 4.79 Å². The number of pyridine rings is 1. The molecule has 1 aliphatic heterocycles. The number of carbonyl (C=O) groups is 1. The first-order valence-corrected chi connectivity index (χ1v) is 10.9. The molecule has 30 heavy (non-hydrogen) atoms. The second-order valence-corrected chi connectivity index (χ2v) is 9.68. The summed E-state index contributed by atoms with van der Waals surface area (Å²) in [6.45, 7) is 8.42. The summed E-state index contributed by atoms with van der Waals surface area (Å²) in [4.78, 5) is 20.5. The van der Waals surface area contributed by atoms with Crippen molar-refractivity contribution in [2.75, 3.05) is 45.3 Å². The zero-order chi connectivity index (χ0) is 22.4. The summed E-state index contributed by atoms with van der Waals surface area (Å²) < 4.78 is 11.0. The number of esters is 1. The van der Waals surface area contributed by atoms with Gasteiger partial charge in [0.2, 0.25) is 0 Å². The zero-order valence-corrected chi connectivity index (χ0v) is 19.7. The highest BCUT2D eigenvalue weighted by Gasteiger charge is 2.33. The van der Waals surface area contributed by atoms with Gasteiger partial charge in [-0.05, 0) is 66.3 Å². The normalized spacial score (nSPS) is 16.7. The fourth-order valence-electron chi connectivity index (χ4n) is 3.45. The molecule has 0 bridgehead atoms. The second kappa shape index (κ2) is 10.8. The van der Waals surface area contributed by atoms with E-state index in [1.807, 2.05) is 47.0 Å². The van der Waals surface area contributed by atoms with E-state index in [9.17, 15) is 9.90 Å². The summed E-state index contributed by atoms with van der Waals surface area (Å²) in [7, 11) is 4.00. The second-order valence-electron chi connectivity index (χ2n) is 9.29. The lowest BCUT2D eigenvalue weighted by Crippen LogP contribution is -2.47. The van der Waals surface area contributed by atoms with Gasteiger partial charge in [-0.25, -0.2) is 4.98 Å². The number of nitrogens with zero attached hydrogens (tertiary/aromatic N) is 3. The molecular formula is C22H36ClN3O4. The molecule has 170 valence electrons.